The lowest BCUT2D eigenvalue weighted by Crippen LogP contribution is -2.31. The molecule has 0 aliphatic carbocycles. The molecule has 6 nitrogen and oxygen atoms in total. The topological polar surface area (TPSA) is 72.4 Å². The summed E-state index contributed by atoms with van der Waals surface area (Å²) in [5.41, 5.74) is 1.75. The second-order valence-corrected chi connectivity index (χ2v) is 7.13. The Bertz CT molecular complexity index is 1030. The van der Waals surface area contributed by atoms with Gasteiger partial charge in [-0.3, -0.25) is 9.59 Å². The Morgan fingerprint density at radius 1 is 1.00 bits per heavy atom. The normalized spacial score (nSPS) is 10.7. The molecule has 0 saturated heterocycles. The fourth-order valence-corrected chi connectivity index (χ4v) is 3.16. The first-order valence-electron chi connectivity index (χ1n) is 9.13. The number of carbonyl (C=O) groups excluding carboxylic acids is 2. The van der Waals surface area contributed by atoms with E-state index in [-0.39, 0.29) is 17.5 Å². The molecule has 2 amide bonds. The van der Waals surface area contributed by atoms with E-state index in [4.69, 9.17) is 16.3 Å². The smallest absolute Gasteiger partial charge is 0.259 e. The third kappa shape index (κ3) is 4.60. The van der Waals surface area contributed by atoms with Gasteiger partial charge in [-0.2, -0.15) is 0 Å². The number of halogens is 1. The summed E-state index contributed by atoms with van der Waals surface area (Å²) in [5.74, 6) is -0.309. The maximum atomic E-state index is 13.0. The number of rotatable bonds is 6. The van der Waals surface area contributed by atoms with Gasteiger partial charge >= 0.3 is 0 Å². The molecule has 0 spiro atoms. The van der Waals surface area contributed by atoms with Gasteiger partial charge in [0.25, 0.3) is 11.8 Å². The van der Waals surface area contributed by atoms with Gasteiger partial charge in [0.2, 0.25) is 0 Å². The van der Waals surface area contributed by atoms with Crippen molar-refractivity contribution >= 4 is 29.1 Å². The highest BCUT2D eigenvalue weighted by Crippen LogP contribution is 2.31. The number of hydrogen-bond donors (Lipinski definition) is 2. The quantitative estimate of drug-likeness (QED) is 0.626. The van der Waals surface area contributed by atoms with Crippen LogP contribution in [0.25, 0.3) is 5.69 Å². The number of para-hydroxylation sites is 1. The summed E-state index contributed by atoms with van der Waals surface area (Å²) >= 11 is 6.42. The zero-order chi connectivity index (χ0) is 21.0. The second kappa shape index (κ2) is 8.84. The number of anilines is 1. The first-order chi connectivity index (χ1) is 13.9. The maximum Gasteiger partial charge on any atom is 0.259 e. The average Bonchev–Trinajstić information content (AvgIpc) is 3.22. The maximum absolute atomic E-state index is 13.0. The Balaban J connectivity index is 1.92. The lowest BCUT2D eigenvalue weighted by atomic mass is 10.1. The SMILES string of the molecule is COc1cc(-n2cccc2)c(Cl)cc1C(=O)Nc1ccccc1C(=O)NC(C)C. The molecule has 0 fully saturated rings. The summed E-state index contributed by atoms with van der Waals surface area (Å²) < 4.78 is 7.25. The summed E-state index contributed by atoms with van der Waals surface area (Å²) in [6.07, 6.45) is 3.70. The summed E-state index contributed by atoms with van der Waals surface area (Å²) in [5, 5.41) is 6.02. The highest BCUT2D eigenvalue weighted by molar-refractivity contribution is 6.33. The molecule has 2 N–H and O–H groups in total. The van der Waals surface area contributed by atoms with Crippen molar-refractivity contribution in [1.29, 1.82) is 0 Å². The molecule has 1 heterocycles. The molecule has 3 aromatic rings. The van der Waals surface area contributed by atoms with E-state index in [0.717, 1.165) is 0 Å². The third-order valence-electron chi connectivity index (χ3n) is 4.24. The molecule has 0 radical (unpaired) electrons. The molecule has 0 saturated carbocycles. The van der Waals surface area contributed by atoms with E-state index in [1.54, 1.807) is 36.4 Å². The minimum Gasteiger partial charge on any atom is -0.496 e. The second-order valence-electron chi connectivity index (χ2n) is 6.72. The van der Waals surface area contributed by atoms with Crippen molar-refractivity contribution in [3.8, 4) is 11.4 Å². The van der Waals surface area contributed by atoms with Crippen molar-refractivity contribution in [2.75, 3.05) is 12.4 Å². The van der Waals surface area contributed by atoms with Crippen LogP contribution in [-0.2, 0) is 0 Å². The van der Waals surface area contributed by atoms with Crippen molar-refractivity contribution in [3.05, 3.63) is 77.1 Å². The van der Waals surface area contributed by atoms with Crippen LogP contribution in [-0.4, -0.2) is 29.5 Å². The number of aromatic nitrogens is 1. The predicted octanol–water partition coefficient (Wildman–Crippen LogP) is 4.53. The van der Waals surface area contributed by atoms with Crippen molar-refractivity contribution in [1.82, 2.24) is 9.88 Å². The Hall–Kier alpha value is -3.25. The molecule has 7 heteroatoms. The summed E-state index contributed by atoms with van der Waals surface area (Å²) in [7, 11) is 1.49. The van der Waals surface area contributed by atoms with Crippen LogP contribution in [0.2, 0.25) is 5.02 Å². The van der Waals surface area contributed by atoms with E-state index in [0.29, 0.717) is 27.7 Å². The Morgan fingerprint density at radius 2 is 1.69 bits per heavy atom. The van der Waals surface area contributed by atoms with Crippen molar-refractivity contribution in [3.63, 3.8) is 0 Å². The minimum absolute atomic E-state index is 0.0219. The van der Waals surface area contributed by atoms with Crippen molar-refractivity contribution < 1.29 is 14.3 Å². The van der Waals surface area contributed by atoms with E-state index < -0.39 is 5.91 Å². The number of hydrogen-bond acceptors (Lipinski definition) is 3. The molecule has 2 aromatic carbocycles. The van der Waals surface area contributed by atoms with E-state index in [9.17, 15) is 9.59 Å². The molecule has 0 aliphatic rings. The first kappa shape index (κ1) is 20.5. The van der Waals surface area contributed by atoms with E-state index in [1.165, 1.54) is 7.11 Å². The van der Waals surface area contributed by atoms with Gasteiger partial charge in [0.15, 0.2) is 0 Å². The van der Waals surface area contributed by atoms with Gasteiger partial charge in [0.05, 0.1) is 34.6 Å². The number of carbonyl (C=O) groups is 2. The number of nitrogens with one attached hydrogen (secondary N) is 2. The van der Waals surface area contributed by atoms with Gasteiger partial charge in [-0.15, -0.1) is 0 Å². The van der Waals surface area contributed by atoms with Gasteiger partial charge in [0, 0.05) is 24.5 Å². The molecule has 0 bridgehead atoms. The third-order valence-corrected chi connectivity index (χ3v) is 4.54. The largest absolute Gasteiger partial charge is 0.496 e. The number of benzene rings is 2. The van der Waals surface area contributed by atoms with E-state index in [1.807, 2.05) is 42.9 Å². The van der Waals surface area contributed by atoms with E-state index >= 15 is 0 Å². The number of ether oxygens (including phenoxy) is 1. The molecular formula is C22H22ClN3O3. The van der Waals surface area contributed by atoms with Gasteiger partial charge in [-0.05, 0) is 44.2 Å². The highest BCUT2D eigenvalue weighted by atomic mass is 35.5. The van der Waals surface area contributed by atoms with Gasteiger partial charge in [-0.25, -0.2) is 0 Å². The van der Waals surface area contributed by atoms with Gasteiger partial charge in [-0.1, -0.05) is 23.7 Å². The number of amides is 2. The Morgan fingerprint density at radius 3 is 2.34 bits per heavy atom. The summed E-state index contributed by atoms with van der Waals surface area (Å²) in [6, 6.07) is 13.8. The zero-order valence-corrected chi connectivity index (χ0v) is 17.2. The van der Waals surface area contributed by atoms with Crippen molar-refractivity contribution in [2.24, 2.45) is 0 Å². The van der Waals surface area contributed by atoms with Crippen LogP contribution in [0.5, 0.6) is 5.75 Å². The number of nitrogens with zero attached hydrogens (tertiary/aromatic N) is 1. The Labute approximate surface area is 174 Å². The number of methoxy groups -OCH3 is 1. The molecule has 3 rings (SSSR count). The van der Waals surface area contributed by atoms with Crippen LogP contribution in [0.3, 0.4) is 0 Å². The van der Waals surface area contributed by atoms with Crippen LogP contribution >= 0.6 is 11.6 Å². The molecule has 29 heavy (non-hydrogen) atoms. The van der Waals surface area contributed by atoms with Crippen LogP contribution < -0.4 is 15.4 Å². The summed E-state index contributed by atoms with van der Waals surface area (Å²) in [6.45, 7) is 3.75. The van der Waals surface area contributed by atoms with Crippen molar-refractivity contribution in [2.45, 2.75) is 19.9 Å². The van der Waals surface area contributed by atoms with Crippen LogP contribution in [0, 0.1) is 0 Å². The molecule has 0 atom stereocenters. The highest BCUT2D eigenvalue weighted by Gasteiger charge is 2.19. The van der Waals surface area contributed by atoms with Crippen LogP contribution in [0.4, 0.5) is 5.69 Å². The molecule has 150 valence electrons. The van der Waals surface area contributed by atoms with Gasteiger partial charge < -0.3 is 19.9 Å². The first-order valence-corrected chi connectivity index (χ1v) is 9.50. The lowest BCUT2D eigenvalue weighted by molar-refractivity contribution is 0.0944. The monoisotopic (exact) mass is 411 g/mol. The molecule has 0 unspecified atom stereocenters. The fourth-order valence-electron chi connectivity index (χ4n) is 2.90. The van der Waals surface area contributed by atoms with Crippen LogP contribution in [0.15, 0.2) is 60.9 Å². The Kier molecular flexibility index (Phi) is 6.24. The minimum atomic E-state index is -0.424. The molecular weight excluding hydrogens is 390 g/mol. The fraction of sp³-hybridized carbons (Fsp3) is 0.182. The standard InChI is InChI=1S/C22H22ClN3O3/c1-14(2)24-21(27)15-8-4-5-9-18(15)25-22(28)16-12-17(23)19(13-20(16)29-3)26-10-6-7-11-26/h4-14H,1-3H3,(H,24,27)(H,25,28). The molecule has 0 aliphatic heterocycles. The molecule has 1 aromatic heterocycles. The predicted molar refractivity (Wildman–Crippen MR) is 114 cm³/mol. The zero-order valence-electron chi connectivity index (χ0n) is 16.4. The van der Waals surface area contributed by atoms with E-state index in [2.05, 4.69) is 10.6 Å². The summed E-state index contributed by atoms with van der Waals surface area (Å²) in [4.78, 5) is 25.4. The average molecular weight is 412 g/mol. The van der Waals surface area contributed by atoms with Crippen LogP contribution in [0.1, 0.15) is 34.6 Å². The van der Waals surface area contributed by atoms with Gasteiger partial charge in [0.1, 0.15) is 5.75 Å². The lowest BCUT2D eigenvalue weighted by Gasteiger charge is -2.15.